The number of para-hydroxylation sites is 1. The molecule has 4 rings (SSSR count). The van der Waals surface area contributed by atoms with E-state index in [1.165, 1.54) is 0 Å². The minimum atomic E-state index is -0.155. The Bertz CT molecular complexity index is 673. The van der Waals surface area contributed by atoms with Gasteiger partial charge in [-0.1, -0.05) is 18.2 Å². The Labute approximate surface area is 124 Å². The molecular weight excluding hydrogens is 264 g/mol. The standard InChI is InChI=1S/C17H20N2O2/c20-10-12-7-17(18-15-4-2-1-3-13(12)15)19-8-11-5-6-16(21)14(11)9-19/h1-4,7,11,14,16,20-21H,5-6,8-10H2. The molecule has 3 unspecified atom stereocenters. The molecule has 2 aromatic rings. The van der Waals surface area contributed by atoms with E-state index in [2.05, 4.69) is 4.90 Å². The Kier molecular flexibility index (Phi) is 3.08. The highest BCUT2D eigenvalue weighted by molar-refractivity contribution is 5.84. The van der Waals surface area contributed by atoms with Gasteiger partial charge >= 0.3 is 0 Å². The first-order valence-electron chi connectivity index (χ1n) is 7.69. The number of hydrogen-bond donors (Lipinski definition) is 2. The summed E-state index contributed by atoms with van der Waals surface area (Å²) in [5.41, 5.74) is 1.85. The largest absolute Gasteiger partial charge is 0.393 e. The molecule has 1 aliphatic carbocycles. The van der Waals surface area contributed by atoms with Crippen LogP contribution in [-0.4, -0.2) is 34.4 Å². The maximum Gasteiger partial charge on any atom is 0.129 e. The molecule has 0 spiro atoms. The SMILES string of the molecule is OCc1cc(N2CC3CCC(O)C3C2)nc2ccccc12. The molecule has 1 aliphatic heterocycles. The van der Waals surface area contributed by atoms with Crippen LogP contribution in [0.4, 0.5) is 5.82 Å². The van der Waals surface area contributed by atoms with Crippen molar-refractivity contribution in [3.8, 4) is 0 Å². The van der Waals surface area contributed by atoms with Crippen LogP contribution in [0.3, 0.4) is 0 Å². The average Bonchev–Trinajstić information content (AvgIpc) is 3.08. The highest BCUT2D eigenvalue weighted by atomic mass is 16.3. The van der Waals surface area contributed by atoms with Gasteiger partial charge < -0.3 is 15.1 Å². The van der Waals surface area contributed by atoms with Gasteiger partial charge in [-0.05, 0) is 36.5 Å². The number of aliphatic hydroxyl groups excluding tert-OH is 2. The maximum absolute atomic E-state index is 10.0. The molecule has 1 saturated carbocycles. The Morgan fingerprint density at radius 2 is 2.05 bits per heavy atom. The molecule has 0 radical (unpaired) electrons. The molecule has 4 heteroatoms. The van der Waals surface area contributed by atoms with Gasteiger partial charge in [-0.3, -0.25) is 0 Å². The zero-order chi connectivity index (χ0) is 14.4. The van der Waals surface area contributed by atoms with Crippen molar-refractivity contribution >= 4 is 16.7 Å². The zero-order valence-electron chi connectivity index (χ0n) is 11.9. The minimum absolute atomic E-state index is 0.0271. The summed E-state index contributed by atoms with van der Waals surface area (Å²) in [6.45, 7) is 1.87. The number of aliphatic hydroxyl groups is 2. The topological polar surface area (TPSA) is 56.6 Å². The highest BCUT2D eigenvalue weighted by Gasteiger charge is 2.42. The van der Waals surface area contributed by atoms with Crippen molar-refractivity contribution in [2.45, 2.75) is 25.6 Å². The zero-order valence-corrected chi connectivity index (χ0v) is 11.9. The quantitative estimate of drug-likeness (QED) is 0.885. The van der Waals surface area contributed by atoms with Crippen LogP contribution in [0.25, 0.3) is 10.9 Å². The number of hydrogen-bond acceptors (Lipinski definition) is 4. The second kappa shape index (κ2) is 4.97. The Balaban J connectivity index is 1.71. The van der Waals surface area contributed by atoms with Crippen LogP contribution in [0.5, 0.6) is 0 Å². The van der Waals surface area contributed by atoms with E-state index < -0.39 is 0 Å². The van der Waals surface area contributed by atoms with Gasteiger partial charge in [-0.2, -0.15) is 0 Å². The van der Waals surface area contributed by atoms with E-state index in [1.807, 2.05) is 30.3 Å². The fourth-order valence-electron chi connectivity index (χ4n) is 3.95. The first-order chi connectivity index (χ1) is 10.3. The van der Waals surface area contributed by atoms with Gasteiger partial charge in [0.25, 0.3) is 0 Å². The van der Waals surface area contributed by atoms with Crippen LogP contribution in [0, 0.1) is 11.8 Å². The minimum Gasteiger partial charge on any atom is -0.393 e. The number of aromatic nitrogens is 1. The van der Waals surface area contributed by atoms with E-state index in [-0.39, 0.29) is 12.7 Å². The molecule has 1 aromatic heterocycles. The summed E-state index contributed by atoms with van der Waals surface area (Å²) in [7, 11) is 0. The second-order valence-electron chi connectivity index (χ2n) is 6.29. The molecule has 21 heavy (non-hydrogen) atoms. The highest BCUT2D eigenvalue weighted by Crippen LogP contribution is 2.40. The molecule has 3 atom stereocenters. The Hall–Kier alpha value is -1.65. The van der Waals surface area contributed by atoms with Crippen molar-refractivity contribution in [3.05, 3.63) is 35.9 Å². The van der Waals surface area contributed by atoms with Crippen LogP contribution in [0.1, 0.15) is 18.4 Å². The van der Waals surface area contributed by atoms with Crippen molar-refractivity contribution in [2.24, 2.45) is 11.8 Å². The van der Waals surface area contributed by atoms with E-state index in [4.69, 9.17) is 4.98 Å². The first kappa shape index (κ1) is 13.0. The Morgan fingerprint density at radius 3 is 2.86 bits per heavy atom. The summed E-state index contributed by atoms with van der Waals surface area (Å²) in [5, 5.41) is 20.7. The molecule has 0 amide bonds. The lowest BCUT2D eigenvalue weighted by atomic mass is 10.00. The van der Waals surface area contributed by atoms with Crippen LogP contribution in [-0.2, 0) is 6.61 Å². The summed E-state index contributed by atoms with van der Waals surface area (Å²) in [6, 6.07) is 9.93. The molecular formula is C17H20N2O2. The van der Waals surface area contributed by atoms with Crippen molar-refractivity contribution in [2.75, 3.05) is 18.0 Å². The van der Waals surface area contributed by atoms with E-state index in [0.717, 1.165) is 48.2 Å². The average molecular weight is 284 g/mol. The second-order valence-corrected chi connectivity index (χ2v) is 6.29. The number of anilines is 1. The molecule has 4 nitrogen and oxygen atoms in total. The summed E-state index contributed by atoms with van der Waals surface area (Å²) in [5.74, 6) is 1.90. The van der Waals surface area contributed by atoms with Gasteiger partial charge in [0.05, 0.1) is 18.2 Å². The monoisotopic (exact) mass is 284 g/mol. The number of benzene rings is 1. The third kappa shape index (κ3) is 2.10. The predicted molar refractivity (Wildman–Crippen MR) is 82.1 cm³/mol. The van der Waals surface area contributed by atoms with Crippen molar-refractivity contribution in [3.63, 3.8) is 0 Å². The molecule has 1 aromatic carbocycles. The summed E-state index contributed by atoms with van der Waals surface area (Å²) in [4.78, 5) is 7.02. The van der Waals surface area contributed by atoms with E-state index in [9.17, 15) is 10.2 Å². The van der Waals surface area contributed by atoms with E-state index >= 15 is 0 Å². The normalized spacial score (nSPS) is 28.3. The molecule has 2 heterocycles. The maximum atomic E-state index is 10.0. The lowest BCUT2D eigenvalue weighted by Gasteiger charge is -2.21. The molecule has 110 valence electrons. The summed E-state index contributed by atoms with van der Waals surface area (Å²) >= 11 is 0. The first-order valence-corrected chi connectivity index (χ1v) is 7.69. The van der Waals surface area contributed by atoms with Gasteiger partial charge in [0.1, 0.15) is 5.82 Å². The van der Waals surface area contributed by atoms with E-state index in [0.29, 0.717) is 11.8 Å². The third-order valence-corrected chi connectivity index (χ3v) is 5.10. The molecule has 2 aliphatic rings. The fourth-order valence-corrected chi connectivity index (χ4v) is 3.95. The van der Waals surface area contributed by atoms with Gasteiger partial charge in [0.15, 0.2) is 0 Å². The van der Waals surface area contributed by atoms with Crippen LogP contribution in [0.2, 0.25) is 0 Å². The van der Waals surface area contributed by atoms with E-state index in [1.54, 1.807) is 0 Å². The lowest BCUT2D eigenvalue weighted by Crippen LogP contribution is -2.25. The van der Waals surface area contributed by atoms with Crippen LogP contribution < -0.4 is 4.90 Å². The third-order valence-electron chi connectivity index (χ3n) is 5.10. The van der Waals surface area contributed by atoms with Crippen molar-refractivity contribution < 1.29 is 10.2 Å². The smallest absolute Gasteiger partial charge is 0.129 e. The van der Waals surface area contributed by atoms with Gasteiger partial charge in [-0.25, -0.2) is 4.98 Å². The predicted octanol–water partition coefficient (Wildman–Crippen LogP) is 1.93. The van der Waals surface area contributed by atoms with Gasteiger partial charge in [0, 0.05) is 24.4 Å². The summed E-state index contributed by atoms with van der Waals surface area (Å²) in [6.07, 6.45) is 1.90. The fraction of sp³-hybridized carbons (Fsp3) is 0.471. The lowest BCUT2D eigenvalue weighted by molar-refractivity contribution is 0.133. The number of pyridine rings is 1. The molecule has 2 fully saturated rings. The van der Waals surface area contributed by atoms with Crippen LogP contribution >= 0.6 is 0 Å². The van der Waals surface area contributed by atoms with Gasteiger partial charge in [-0.15, -0.1) is 0 Å². The number of fused-ring (bicyclic) bond motifs is 2. The van der Waals surface area contributed by atoms with Crippen LogP contribution in [0.15, 0.2) is 30.3 Å². The Morgan fingerprint density at radius 1 is 1.19 bits per heavy atom. The van der Waals surface area contributed by atoms with Crippen molar-refractivity contribution in [1.82, 2.24) is 4.98 Å². The van der Waals surface area contributed by atoms with Gasteiger partial charge in [0.2, 0.25) is 0 Å². The number of nitrogens with zero attached hydrogens (tertiary/aromatic N) is 2. The van der Waals surface area contributed by atoms with Crippen molar-refractivity contribution in [1.29, 1.82) is 0 Å². The molecule has 2 N–H and O–H groups in total. The molecule has 1 saturated heterocycles. The molecule has 0 bridgehead atoms. The summed E-state index contributed by atoms with van der Waals surface area (Å²) < 4.78 is 0. The number of rotatable bonds is 2.